The molecule has 1 aliphatic rings. The number of allylic oxidation sites excluding steroid dienone is 1. The minimum Gasteiger partial charge on any atom is -0.504 e. The Morgan fingerprint density at radius 1 is 1.28 bits per heavy atom. The van der Waals surface area contributed by atoms with Gasteiger partial charge in [-0.2, -0.15) is 0 Å². The van der Waals surface area contributed by atoms with Gasteiger partial charge in [-0.3, -0.25) is 0 Å². The average Bonchev–Trinajstić information content (AvgIpc) is 2.66. The molecule has 1 saturated heterocycles. The molecule has 2 aromatic rings. The zero-order valence-electron chi connectivity index (χ0n) is 14.8. The van der Waals surface area contributed by atoms with Crippen LogP contribution in [-0.4, -0.2) is 38.4 Å². The highest BCUT2D eigenvalue weighted by Crippen LogP contribution is 2.31. The van der Waals surface area contributed by atoms with Gasteiger partial charge >= 0.3 is 0 Å². The van der Waals surface area contributed by atoms with Crippen molar-refractivity contribution in [1.29, 1.82) is 0 Å². The van der Waals surface area contributed by atoms with Gasteiger partial charge in [0.05, 0.1) is 38.9 Å². The van der Waals surface area contributed by atoms with E-state index < -0.39 is 0 Å². The van der Waals surface area contributed by atoms with Crippen LogP contribution in [0, 0.1) is 0 Å². The highest BCUT2D eigenvalue weighted by Gasteiger charge is 2.22. The van der Waals surface area contributed by atoms with Crippen molar-refractivity contribution in [1.82, 2.24) is 0 Å². The van der Waals surface area contributed by atoms with E-state index in [0.29, 0.717) is 5.75 Å². The van der Waals surface area contributed by atoms with Crippen molar-refractivity contribution in [2.75, 3.05) is 38.2 Å². The largest absolute Gasteiger partial charge is 0.504 e. The second kappa shape index (κ2) is 8.03. The molecule has 0 atom stereocenters. The average molecular weight is 341 g/mol. The molecule has 1 aromatic heterocycles. The first-order valence-corrected chi connectivity index (χ1v) is 8.75. The third kappa shape index (κ3) is 4.12. The van der Waals surface area contributed by atoms with E-state index in [1.165, 1.54) is 10.6 Å². The second-order valence-corrected chi connectivity index (χ2v) is 6.47. The van der Waals surface area contributed by atoms with Crippen LogP contribution >= 0.6 is 0 Å². The minimum absolute atomic E-state index is 0.267. The summed E-state index contributed by atoms with van der Waals surface area (Å²) >= 11 is 0. The lowest BCUT2D eigenvalue weighted by molar-refractivity contribution is -0.914. The molecule has 1 aliphatic heterocycles. The number of phenolic OH excluding ortho intramolecular Hbond substituents is 1. The number of aromatic nitrogens is 1. The molecular weight excluding hydrogens is 314 g/mol. The molecule has 0 aliphatic carbocycles. The predicted molar refractivity (Wildman–Crippen MR) is 98.2 cm³/mol. The van der Waals surface area contributed by atoms with Gasteiger partial charge in [0, 0.05) is 17.8 Å². The molecule has 5 nitrogen and oxygen atoms in total. The lowest BCUT2D eigenvalue weighted by Crippen LogP contribution is -3.13. The number of methoxy groups -OCH3 is 1. The normalized spacial score (nSPS) is 15.2. The number of pyridine rings is 1. The maximum Gasteiger partial charge on any atom is 0.169 e. The fourth-order valence-electron chi connectivity index (χ4n) is 3.42. The number of piperazine rings is 1. The lowest BCUT2D eigenvalue weighted by Gasteiger charge is -2.33. The summed E-state index contributed by atoms with van der Waals surface area (Å²) in [5, 5.41) is 10.5. The smallest absolute Gasteiger partial charge is 0.169 e. The Kier molecular flexibility index (Phi) is 5.56. The van der Waals surface area contributed by atoms with E-state index in [1.807, 2.05) is 24.5 Å². The van der Waals surface area contributed by atoms with Crippen molar-refractivity contribution in [2.24, 2.45) is 0 Å². The summed E-state index contributed by atoms with van der Waals surface area (Å²) in [4.78, 5) is 6.95. The number of rotatable bonds is 6. The fraction of sp³-hybridized carbons (Fsp3) is 0.350. The Bertz CT molecular complexity index is 710. The number of hydrogen-bond donors (Lipinski definition) is 2. The number of anilines is 1. The monoisotopic (exact) mass is 341 g/mol. The number of nitrogens with one attached hydrogen (secondary N) is 2. The van der Waals surface area contributed by atoms with Crippen LogP contribution in [0.4, 0.5) is 5.69 Å². The van der Waals surface area contributed by atoms with Crippen LogP contribution in [0.2, 0.25) is 0 Å². The van der Waals surface area contributed by atoms with E-state index in [2.05, 4.69) is 34.7 Å². The fourth-order valence-corrected chi connectivity index (χ4v) is 3.42. The number of ether oxygens (including phenoxy) is 1. The van der Waals surface area contributed by atoms with Gasteiger partial charge in [0.15, 0.2) is 23.9 Å². The van der Waals surface area contributed by atoms with Crippen molar-refractivity contribution in [2.45, 2.75) is 13.0 Å². The molecule has 2 heterocycles. The zero-order chi connectivity index (χ0) is 17.6. The Labute approximate surface area is 149 Å². The Balaban J connectivity index is 1.67. The number of quaternary nitrogens is 1. The van der Waals surface area contributed by atoms with E-state index in [9.17, 15) is 5.11 Å². The van der Waals surface area contributed by atoms with Crippen molar-refractivity contribution < 1.29 is 19.7 Å². The summed E-state index contributed by atoms with van der Waals surface area (Å²) < 4.78 is 5.33. The van der Waals surface area contributed by atoms with Crippen LogP contribution in [0.25, 0.3) is 0 Å². The summed E-state index contributed by atoms with van der Waals surface area (Å²) in [5.74, 6) is 0.816. The number of aromatic hydroxyl groups is 1. The molecule has 0 spiro atoms. The van der Waals surface area contributed by atoms with Gasteiger partial charge in [0.25, 0.3) is 0 Å². The maximum atomic E-state index is 10.5. The summed E-state index contributed by atoms with van der Waals surface area (Å²) in [7, 11) is 1.60. The van der Waals surface area contributed by atoms with Crippen molar-refractivity contribution in [3.8, 4) is 11.5 Å². The summed E-state index contributed by atoms with van der Waals surface area (Å²) in [6.45, 7) is 8.74. The number of phenols is 1. The van der Waals surface area contributed by atoms with Crippen LogP contribution in [0.15, 0.2) is 49.3 Å². The molecule has 1 aromatic carbocycles. The minimum atomic E-state index is 0.267. The van der Waals surface area contributed by atoms with E-state index in [0.717, 1.165) is 50.3 Å². The molecule has 132 valence electrons. The number of H-pyrrole nitrogens is 1. The van der Waals surface area contributed by atoms with Gasteiger partial charge in [0.2, 0.25) is 0 Å². The van der Waals surface area contributed by atoms with Crippen molar-refractivity contribution >= 4 is 5.69 Å². The van der Waals surface area contributed by atoms with E-state index in [4.69, 9.17) is 4.74 Å². The first-order valence-electron chi connectivity index (χ1n) is 8.75. The quantitative estimate of drug-likeness (QED) is 0.766. The molecule has 0 radical (unpaired) electrons. The number of hydrogen-bond acceptors (Lipinski definition) is 3. The van der Waals surface area contributed by atoms with E-state index in [-0.39, 0.29) is 5.75 Å². The highest BCUT2D eigenvalue weighted by molar-refractivity contribution is 5.48. The topological polar surface area (TPSA) is 51.3 Å². The first-order chi connectivity index (χ1) is 12.2. The molecule has 0 amide bonds. The molecule has 25 heavy (non-hydrogen) atoms. The molecule has 0 bridgehead atoms. The van der Waals surface area contributed by atoms with Gasteiger partial charge in [-0.25, -0.2) is 4.98 Å². The van der Waals surface area contributed by atoms with Gasteiger partial charge in [0.1, 0.15) is 6.54 Å². The number of benzene rings is 1. The third-order valence-corrected chi connectivity index (χ3v) is 4.79. The summed E-state index contributed by atoms with van der Waals surface area (Å²) in [6.07, 6.45) is 6.57. The molecular formula is C20H27N3O2+2. The van der Waals surface area contributed by atoms with Crippen LogP contribution in [0.5, 0.6) is 11.5 Å². The van der Waals surface area contributed by atoms with Crippen LogP contribution in [0.1, 0.15) is 11.1 Å². The molecule has 1 fully saturated rings. The maximum absolute atomic E-state index is 10.5. The Hall–Kier alpha value is -2.53. The molecule has 0 unspecified atom stereocenters. The van der Waals surface area contributed by atoms with Crippen LogP contribution in [-0.2, 0) is 13.0 Å². The van der Waals surface area contributed by atoms with Gasteiger partial charge in [-0.15, -0.1) is 6.58 Å². The predicted octanol–water partition coefficient (Wildman–Crippen LogP) is 0.848. The van der Waals surface area contributed by atoms with Crippen molar-refractivity contribution in [3.05, 3.63) is 60.4 Å². The van der Waals surface area contributed by atoms with E-state index in [1.54, 1.807) is 7.11 Å². The standard InChI is InChI=1S/C20H25N3O2/c1-3-4-16-13-17(20(24)19(14-16)25-2)15-22-9-11-23(12-10-22)18-5-7-21-8-6-18/h3,5-8,13-14,24H,1,4,9-12,15H2,2H3/p+2. The third-order valence-electron chi connectivity index (χ3n) is 4.79. The molecule has 0 saturated carbocycles. The second-order valence-electron chi connectivity index (χ2n) is 6.47. The van der Waals surface area contributed by atoms with Gasteiger partial charge < -0.3 is 19.6 Å². The molecule has 3 rings (SSSR count). The van der Waals surface area contributed by atoms with Crippen LogP contribution in [0.3, 0.4) is 0 Å². The summed E-state index contributed by atoms with van der Waals surface area (Å²) in [5.41, 5.74) is 3.34. The molecule has 5 heteroatoms. The van der Waals surface area contributed by atoms with Crippen molar-refractivity contribution in [3.63, 3.8) is 0 Å². The molecule has 3 N–H and O–H groups in total. The SMILES string of the molecule is C=CCc1cc(C[NH+]2CCN(c3cc[nH+]cc3)CC2)c(O)c(OC)c1. The Morgan fingerprint density at radius 2 is 2.00 bits per heavy atom. The van der Waals surface area contributed by atoms with Crippen LogP contribution < -0.4 is 19.5 Å². The lowest BCUT2D eigenvalue weighted by atomic mass is 10.0. The zero-order valence-corrected chi connectivity index (χ0v) is 14.8. The highest BCUT2D eigenvalue weighted by atomic mass is 16.5. The first kappa shape index (κ1) is 17.3. The van der Waals surface area contributed by atoms with Gasteiger partial charge in [-0.1, -0.05) is 6.08 Å². The van der Waals surface area contributed by atoms with E-state index >= 15 is 0 Å². The number of aromatic amines is 1. The Morgan fingerprint density at radius 3 is 2.64 bits per heavy atom. The number of nitrogens with zero attached hydrogens (tertiary/aromatic N) is 1. The summed E-state index contributed by atoms with van der Waals surface area (Å²) in [6, 6.07) is 8.19. The van der Waals surface area contributed by atoms with Gasteiger partial charge in [-0.05, 0) is 24.1 Å².